The first kappa shape index (κ1) is 17.7. The number of nitrogens with one attached hydrogen (secondary N) is 1. The molecular formula is C15H16F3NO3. The zero-order valence-electron chi connectivity index (χ0n) is 12.1. The van der Waals surface area contributed by atoms with Crippen LogP contribution in [0.4, 0.5) is 13.2 Å². The zero-order chi connectivity index (χ0) is 16.8. The van der Waals surface area contributed by atoms with E-state index in [4.69, 9.17) is 0 Å². The normalized spacial score (nSPS) is 13.0. The van der Waals surface area contributed by atoms with Gasteiger partial charge in [0.25, 0.3) is 0 Å². The van der Waals surface area contributed by atoms with Crippen molar-refractivity contribution in [1.29, 1.82) is 0 Å². The summed E-state index contributed by atoms with van der Waals surface area (Å²) in [4.78, 5) is 22.6. The van der Waals surface area contributed by atoms with Crippen molar-refractivity contribution >= 4 is 18.0 Å². The van der Waals surface area contributed by atoms with Crippen LogP contribution in [0, 0.1) is 0 Å². The fourth-order valence-electron chi connectivity index (χ4n) is 1.67. The van der Waals surface area contributed by atoms with Crippen molar-refractivity contribution in [1.82, 2.24) is 5.32 Å². The van der Waals surface area contributed by atoms with Crippen molar-refractivity contribution in [2.45, 2.75) is 25.6 Å². The van der Waals surface area contributed by atoms with E-state index >= 15 is 0 Å². The average molecular weight is 315 g/mol. The fourth-order valence-corrected chi connectivity index (χ4v) is 1.67. The van der Waals surface area contributed by atoms with E-state index in [1.807, 2.05) is 0 Å². The first-order valence-corrected chi connectivity index (χ1v) is 6.45. The summed E-state index contributed by atoms with van der Waals surface area (Å²) < 4.78 is 42.1. The Morgan fingerprint density at radius 1 is 1.36 bits per heavy atom. The van der Waals surface area contributed by atoms with Gasteiger partial charge in [-0.1, -0.05) is 12.1 Å². The molecule has 1 aromatic rings. The summed E-state index contributed by atoms with van der Waals surface area (Å²) in [5, 5.41) is 2.51. The van der Waals surface area contributed by atoms with Crippen molar-refractivity contribution in [2.24, 2.45) is 0 Å². The molecule has 1 atom stereocenters. The predicted molar refractivity (Wildman–Crippen MR) is 74.7 cm³/mol. The molecule has 4 nitrogen and oxygen atoms in total. The molecule has 0 aliphatic heterocycles. The lowest BCUT2D eigenvalue weighted by molar-refractivity contribution is -0.141. The molecule has 0 saturated heterocycles. The van der Waals surface area contributed by atoms with Gasteiger partial charge in [-0.25, -0.2) is 0 Å². The summed E-state index contributed by atoms with van der Waals surface area (Å²) in [6.07, 6.45) is -2.03. The van der Waals surface area contributed by atoms with Gasteiger partial charge in [0.2, 0.25) is 5.91 Å². The molecule has 1 amide bonds. The second kappa shape index (κ2) is 7.63. The van der Waals surface area contributed by atoms with Gasteiger partial charge in [-0.05, 0) is 30.7 Å². The van der Waals surface area contributed by atoms with Crippen LogP contribution in [0.2, 0.25) is 0 Å². The minimum Gasteiger partial charge on any atom is -0.469 e. The lowest BCUT2D eigenvalue weighted by Crippen LogP contribution is -2.33. The molecule has 0 bridgehead atoms. The van der Waals surface area contributed by atoms with Crippen LogP contribution in [0.15, 0.2) is 30.3 Å². The number of halogens is 3. The van der Waals surface area contributed by atoms with Gasteiger partial charge in [-0.3, -0.25) is 9.59 Å². The highest BCUT2D eigenvalue weighted by atomic mass is 19.4. The van der Waals surface area contributed by atoms with Gasteiger partial charge in [-0.2, -0.15) is 13.2 Å². The highest BCUT2D eigenvalue weighted by Gasteiger charge is 2.30. The molecule has 0 fully saturated rings. The Labute approximate surface area is 126 Å². The summed E-state index contributed by atoms with van der Waals surface area (Å²) in [5.74, 6) is -0.969. The summed E-state index contributed by atoms with van der Waals surface area (Å²) in [7, 11) is 1.24. The fraction of sp³-hybridized carbons (Fsp3) is 0.333. The van der Waals surface area contributed by atoms with E-state index in [1.165, 1.54) is 25.3 Å². The van der Waals surface area contributed by atoms with Gasteiger partial charge in [-0.15, -0.1) is 0 Å². The van der Waals surface area contributed by atoms with E-state index in [-0.39, 0.29) is 12.0 Å². The van der Waals surface area contributed by atoms with Gasteiger partial charge < -0.3 is 10.1 Å². The van der Waals surface area contributed by atoms with Crippen LogP contribution in [-0.2, 0) is 20.5 Å². The number of methoxy groups -OCH3 is 1. The van der Waals surface area contributed by atoms with Gasteiger partial charge in [0.05, 0.1) is 19.1 Å². The topological polar surface area (TPSA) is 55.4 Å². The Hall–Kier alpha value is -2.31. The first-order chi connectivity index (χ1) is 10.2. The van der Waals surface area contributed by atoms with Gasteiger partial charge in [0, 0.05) is 12.1 Å². The molecule has 0 aliphatic rings. The van der Waals surface area contributed by atoms with E-state index in [0.29, 0.717) is 0 Å². The van der Waals surface area contributed by atoms with Crippen molar-refractivity contribution in [3.05, 3.63) is 41.5 Å². The molecule has 1 aromatic carbocycles. The third-order valence-corrected chi connectivity index (χ3v) is 2.73. The maximum absolute atomic E-state index is 12.5. The number of alkyl halides is 3. The quantitative estimate of drug-likeness (QED) is 0.671. The molecule has 7 heteroatoms. The minimum absolute atomic E-state index is 0.0135. The number of benzene rings is 1. The van der Waals surface area contributed by atoms with E-state index < -0.39 is 29.7 Å². The lowest BCUT2D eigenvalue weighted by atomic mass is 10.1. The SMILES string of the molecule is COC(=O)CC(C)NC(=O)/C=C/c1cccc(C(F)(F)F)c1. The van der Waals surface area contributed by atoms with Crippen molar-refractivity contribution in [3.8, 4) is 0 Å². The van der Waals surface area contributed by atoms with Crippen LogP contribution in [-0.4, -0.2) is 25.0 Å². The average Bonchev–Trinajstić information content (AvgIpc) is 2.44. The number of hydrogen-bond donors (Lipinski definition) is 1. The molecule has 1 N–H and O–H groups in total. The smallest absolute Gasteiger partial charge is 0.416 e. The maximum Gasteiger partial charge on any atom is 0.416 e. The van der Waals surface area contributed by atoms with Gasteiger partial charge in [0.1, 0.15) is 0 Å². The molecule has 0 heterocycles. The lowest BCUT2D eigenvalue weighted by Gasteiger charge is -2.10. The molecule has 0 radical (unpaired) electrons. The predicted octanol–water partition coefficient (Wildman–Crippen LogP) is 2.79. The monoisotopic (exact) mass is 315 g/mol. The number of rotatable bonds is 5. The number of ether oxygens (including phenoxy) is 1. The molecule has 0 saturated carbocycles. The van der Waals surface area contributed by atoms with Gasteiger partial charge >= 0.3 is 12.1 Å². The first-order valence-electron chi connectivity index (χ1n) is 6.45. The van der Waals surface area contributed by atoms with Crippen LogP contribution in [0.1, 0.15) is 24.5 Å². The molecule has 1 rings (SSSR count). The van der Waals surface area contributed by atoms with E-state index in [0.717, 1.165) is 18.2 Å². The molecular weight excluding hydrogens is 299 g/mol. The molecule has 120 valence electrons. The third kappa shape index (κ3) is 5.99. The molecule has 1 unspecified atom stereocenters. The van der Waals surface area contributed by atoms with Crippen LogP contribution in [0.5, 0.6) is 0 Å². The van der Waals surface area contributed by atoms with Gasteiger partial charge in [0.15, 0.2) is 0 Å². The number of carbonyl (C=O) groups is 2. The van der Waals surface area contributed by atoms with Crippen LogP contribution in [0.25, 0.3) is 6.08 Å². The van der Waals surface area contributed by atoms with Crippen molar-refractivity contribution < 1.29 is 27.5 Å². The molecule has 0 aromatic heterocycles. The van der Waals surface area contributed by atoms with Crippen molar-refractivity contribution in [3.63, 3.8) is 0 Å². The van der Waals surface area contributed by atoms with E-state index in [2.05, 4.69) is 10.1 Å². The summed E-state index contributed by atoms with van der Waals surface area (Å²) in [5.41, 5.74) is -0.528. The number of esters is 1. The second-order valence-corrected chi connectivity index (χ2v) is 4.65. The Balaban J connectivity index is 2.64. The van der Waals surface area contributed by atoms with E-state index in [1.54, 1.807) is 6.92 Å². The molecule has 0 spiro atoms. The third-order valence-electron chi connectivity index (χ3n) is 2.73. The Kier molecular flexibility index (Phi) is 6.15. The highest BCUT2D eigenvalue weighted by Crippen LogP contribution is 2.29. The Morgan fingerprint density at radius 3 is 2.64 bits per heavy atom. The number of hydrogen-bond acceptors (Lipinski definition) is 3. The van der Waals surface area contributed by atoms with Crippen molar-refractivity contribution in [2.75, 3.05) is 7.11 Å². The molecule has 22 heavy (non-hydrogen) atoms. The number of carbonyl (C=O) groups excluding carboxylic acids is 2. The number of amides is 1. The second-order valence-electron chi connectivity index (χ2n) is 4.65. The molecule has 0 aliphatic carbocycles. The van der Waals surface area contributed by atoms with Crippen LogP contribution in [0.3, 0.4) is 0 Å². The van der Waals surface area contributed by atoms with Crippen LogP contribution >= 0.6 is 0 Å². The highest BCUT2D eigenvalue weighted by molar-refractivity contribution is 5.92. The van der Waals surface area contributed by atoms with Crippen LogP contribution < -0.4 is 5.32 Å². The Morgan fingerprint density at radius 2 is 2.05 bits per heavy atom. The summed E-state index contributed by atoms with van der Waals surface area (Å²) in [6.45, 7) is 1.62. The largest absolute Gasteiger partial charge is 0.469 e. The minimum atomic E-state index is -4.43. The van der Waals surface area contributed by atoms with E-state index in [9.17, 15) is 22.8 Å². The standard InChI is InChI=1S/C15H16F3NO3/c1-10(8-14(21)22-2)19-13(20)7-6-11-4-3-5-12(9-11)15(16,17)18/h3-7,9-10H,8H2,1-2H3,(H,19,20)/b7-6+. The summed E-state index contributed by atoms with van der Waals surface area (Å²) in [6, 6.07) is 4.18. The zero-order valence-corrected chi connectivity index (χ0v) is 12.1. The maximum atomic E-state index is 12.5. The summed E-state index contributed by atoms with van der Waals surface area (Å²) >= 11 is 0. The Bertz CT molecular complexity index is 567.